The van der Waals surface area contributed by atoms with Gasteiger partial charge in [0.05, 0.1) is 25.7 Å². The van der Waals surface area contributed by atoms with Crippen molar-refractivity contribution in [2.45, 2.75) is 31.7 Å². The summed E-state index contributed by atoms with van der Waals surface area (Å²) in [5.74, 6) is -0.726. The fraction of sp³-hybridized carbons (Fsp3) is 0.364. The van der Waals surface area contributed by atoms with Gasteiger partial charge in [0.25, 0.3) is 0 Å². The van der Waals surface area contributed by atoms with Crippen molar-refractivity contribution >= 4 is 40.3 Å². The van der Waals surface area contributed by atoms with E-state index in [1.54, 1.807) is 38.3 Å². The number of esters is 1. The van der Waals surface area contributed by atoms with Crippen LogP contribution in [0.1, 0.15) is 12.5 Å². The van der Waals surface area contributed by atoms with E-state index in [1.165, 1.54) is 4.90 Å². The maximum atomic E-state index is 13.3. The van der Waals surface area contributed by atoms with E-state index in [0.717, 1.165) is 9.13 Å². The van der Waals surface area contributed by atoms with Crippen LogP contribution in [0, 0.1) is 9.49 Å². The molecule has 1 aliphatic rings. The molecule has 1 aliphatic heterocycles. The number of nitrogens with one attached hydrogen (secondary N) is 1. The molecule has 1 heterocycles. The SMILES string of the molecule is COc1ccc(NC(=O)N(Cc2ccc(I)cc2)[C@H]2C(=O)O[C@H](C)[C@H]2[C@H](O)CO)cc1. The van der Waals surface area contributed by atoms with Crippen LogP contribution in [-0.2, 0) is 16.1 Å². The Hall–Kier alpha value is -2.37. The topological polar surface area (TPSA) is 108 Å². The van der Waals surface area contributed by atoms with Gasteiger partial charge in [0, 0.05) is 15.8 Å². The molecule has 2 amide bonds. The Labute approximate surface area is 194 Å². The number of carbonyl (C=O) groups excluding carboxylic acids is 2. The van der Waals surface area contributed by atoms with Crippen molar-refractivity contribution < 1.29 is 29.3 Å². The number of benzene rings is 2. The summed E-state index contributed by atoms with van der Waals surface area (Å²) in [6, 6.07) is 12.8. The molecule has 31 heavy (non-hydrogen) atoms. The predicted molar refractivity (Wildman–Crippen MR) is 123 cm³/mol. The third kappa shape index (κ3) is 5.46. The van der Waals surface area contributed by atoms with E-state index in [9.17, 15) is 19.8 Å². The van der Waals surface area contributed by atoms with Gasteiger partial charge in [0.2, 0.25) is 0 Å². The van der Waals surface area contributed by atoms with Crippen LogP contribution in [0.25, 0.3) is 0 Å². The Morgan fingerprint density at radius 2 is 1.87 bits per heavy atom. The smallest absolute Gasteiger partial charge is 0.329 e. The minimum atomic E-state index is -1.21. The van der Waals surface area contributed by atoms with E-state index >= 15 is 0 Å². The monoisotopic (exact) mass is 540 g/mol. The number of cyclic esters (lactones) is 1. The predicted octanol–water partition coefficient (Wildman–Crippen LogP) is 2.62. The first-order chi connectivity index (χ1) is 14.8. The minimum absolute atomic E-state index is 0.125. The average Bonchev–Trinajstić information content (AvgIpc) is 3.06. The molecular weight excluding hydrogens is 515 g/mol. The summed E-state index contributed by atoms with van der Waals surface area (Å²) in [6.45, 7) is 1.23. The molecule has 0 unspecified atom stereocenters. The van der Waals surface area contributed by atoms with Crippen LogP contribution in [0.15, 0.2) is 48.5 Å². The second-order valence-corrected chi connectivity index (χ2v) is 8.57. The first kappa shape index (κ1) is 23.3. The number of rotatable bonds is 7. The highest BCUT2D eigenvalue weighted by atomic mass is 127. The molecule has 2 aromatic carbocycles. The molecule has 0 radical (unpaired) electrons. The molecule has 0 aliphatic carbocycles. The van der Waals surface area contributed by atoms with E-state index in [4.69, 9.17) is 9.47 Å². The number of anilines is 1. The normalized spacial score (nSPS) is 21.3. The van der Waals surface area contributed by atoms with Gasteiger partial charge in [-0.25, -0.2) is 9.59 Å². The molecule has 1 fully saturated rings. The van der Waals surface area contributed by atoms with Crippen LogP contribution >= 0.6 is 22.6 Å². The van der Waals surface area contributed by atoms with Crippen LogP contribution in [0.3, 0.4) is 0 Å². The molecule has 2 aromatic rings. The molecule has 1 saturated heterocycles. The van der Waals surface area contributed by atoms with Crippen molar-refractivity contribution in [2.24, 2.45) is 5.92 Å². The first-order valence-electron chi connectivity index (χ1n) is 9.79. The number of halogens is 1. The van der Waals surface area contributed by atoms with Crippen LogP contribution < -0.4 is 10.1 Å². The van der Waals surface area contributed by atoms with Crippen molar-refractivity contribution in [2.75, 3.05) is 19.0 Å². The summed E-state index contributed by atoms with van der Waals surface area (Å²) in [6.07, 6.45) is -1.85. The largest absolute Gasteiger partial charge is 0.497 e. The lowest BCUT2D eigenvalue weighted by Gasteiger charge is -2.32. The second kappa shape index (κ2) is 10.3. The molecular formula is C22H25IN2O6. The fourth-order valence-corrected chi connectivity index (χ4v) is 4.04. The molecule has 3 rings (SSSR count). The molecule has 9 heteroatoms. The quantitative estimate of drug-likeness (QED) is 0.368. The van der Waals surface area contributed by atoms with Gasteiger partial charge >= 0.3 is 12.0 Å². The van der Waals surface area contributed by atoms with E-state index < -0.39 is 42.8 Å². The second-order valence-electron chi connectivity index (χ2n) is 7.33. The average molecular weight is 540 g/mol. The van der Waals surface area contributed by atoms with Crippen molar-refractivity contribution in [3.05, 3.63) is 57.7 Å². The summed E-state index contributed by atoms with van der Waals surface area (Å²) in [7, 11) is 1.55. The number of hydrogen-bond donors (Lipinski definition) is 3. The molecule has 0 bridgehead atoms. The van der Waals surface area contributed by atoms with Gasteiger partial charge in [-0.15, -0.1) is 0 Å². The minimum Gasteiger partial charge on any atom is -0.497 e. The Morgan fingerprint density at radius 3 is 2.45 bits per heavy atom. The molecule has 4 atom stereocenters. The van der Waals surface area contributed by atoms with Gasteiger partial charge in [0.1, 0.15) is 17.9 Å². The number of amides is 2. The van der Waals surface area contributed by atoms with Crippen molar-refractivity contribution in [1.29, 1.82) is 0 Å². The van der Waals surface area contributed by atoms with Crippen molar-refractivity contribution in [3.63, 3.8) is 0 Å². The van der Waals surface area contributed by atoms with Gasteiger partial charge in [-0.1, -0.05) is 12.1 Å². The van der Waals surface area contributed by atoms with E-state index in [2.05, 4.69) is 27.9 Å². The van der Waals surface area contributed by atoms with Crippen LogP contribution in [0.2, 0.25) is 0 Å². The fourth-order valence-electron chi connectivity index (χ4n) is 3.68. The Bertz CT molecular complexity index is 905. The number of carbonyl (C=O) groups is 2. The van der Waals surface area contributed by atoms with Crippen LogP contribution in [0.5, 0.6) is 5.75 Å². The summed E-state index contributed by atoms with van der Waals surface area (Å²) < 4.78 is 11.5. The highest BCUT2D eigenvalue weighted by Crippen LogP contribution is 2.31. The Morgan fingerprint density at radius 1 is 1.23 bits per heavy atom. The van der Waals surface area contributed by atoms with Gasteiger partial charge < -0.3 is 29.9 Å². The third-order valence-corrected chi connectivity index (χ3v) is 6.00. The highest BCUT2D eigenvalue weighted by Gasteiger charge is 2.50. The lowest BCUT2D eigenvalue weighted by molar-refractivity contribution is -0.144. The zero-order valence-corrected chi connectivity index (χ0v) is 19.4. The molecule has 0 spiro atoms. The van der Waals surface area contributed by atoms with Gasteiger partial charge in [0.15, 0.2) is 0 Å². The van der Waals surface area contributed by atoms with E-state index in [1.807, 2.05) is 24.3 Å². The number of nitrogens with zero attached hydrogens (tertiary/aromatic N) is 1. The zero-order valence-electron chi connectivity index (χ0n) is 17.2. The third-order valence-electron chi connectivity index (χ3n) is 5.29. The zero-order chi connectivity index (χ0) is 22.5. The highest BCUT2D eigenvalue weighted by molar-refractivity contribution is 14.1. The maximum Gasteiger partial charge on any atom is 0.329 e. The van der Waals surface area contributed by atoms with Crippen LogP contribution in [0.4, 0.5) is 10.5 Å². The summed E-state index contributed by atoms with van der Waals surface area (Å²) in [4.78, 5) is 27.3. The van der Waals surface area contributed by atoms with Gasteiger partial charge in [-0.2, -0.15) is 0 Å². The standard InChI is InChI=1S/C22H25IN2O6/c1-13-19(18(27)12-26)20(21(28)31-13)25(11-14-3-5-15(23)6-4-14)22(29)24-16-7-9-17(30-2)10-8-16/h3-10,13,18-20,26-27H,11-12H2,1-2H3,(H,24,29)/t13-,18-,19+,20-/m1/s1. The maximum absolute atomic E-state index is 13.3. The Kier molecular flexibility index (Phi) is 7.74. The summed E-state index contributed by atoms with van der Waals surface area (Å²) in [5.41, 5.74) is 1.34. The number of methoxy groups -OCH3 is 1. The lowest BCUT2D eigenvalue weighted by Crippen LogP contribution is -2.51. The number of aliphatic hydroxyl groups excluding tert-OH is 2. The molecule has 166 valence electrons. The number of ether oxygens (including phenoxy) is 2. The van der Waals surface area contributed by atoms with Gasteiger partial charge in [-0.3, -0.25) is 0 Å². The lowest BCUT2D eigenvalue weighted by atomic mass is 9.90. The molecule has 8 nitrogen and oxygen atoms in total. The summed E-state index contributed by atoms with van der Waals surface area (Å²) in [5, 5.41) is 22.6. The van der Waals surface area contributed by atoms with E-state index in [0.29, 0.717) is 11.4 Å². The first-order valence-corrected chi connectivity index (χ1v) is 10.9. The molecule has 0 saturated carbocycles. The van der Waals surface area contributed by atoms with Crippen molar-refractivity contribution in [3.8, 4) is 5.75 Å². The number of urea groups is 1. The van der Waals surface area contributed by atoms with Crippen LogP contribution in [-0.4, -0.2) is 59.1 Å². The van der Waals surface area contributed by atoms with Gasteiger partial charge in [-0.05, 0) is 71.5 Å². The summed E-state index contributed by atoms with van der Waals surface area (Å²) >= 11 is 2.19. The number of hydrogen-bond acceptors (Lipinski definition) is 6. The molecule has 0 aromatic heterocycles. The molecule has 3 N–H and O–H groups in total. The van der Waals surface area contributed by atoms with E-state index in [-0.39, 0.29) is 6.54 Å². The number of aliphatic hydroxyl groups is 2. The Balaban J connectivity index is 1.91. The van der Waals surface area contributed by atoms with Crippen molar-refractivity contribution in [1.82, 2.24) is 4.90 Å².